The van der Waals surface area contributed by atoms with E-state index in [1.165, 1.54) is 0 Å². The van der Waals surface area contributed by atoms with Gasteiger partial charge in [0.25, 0.3) is 0 Å². The molecule has 0 rings (SSSR count). The van der Waals surface area contributed by atoms with Crippen LogP contribution < -0.4 is 5.32 Å². The highest BCUT2D eigenvalue weighted by molar-refractivity contribution is 5.92. The molecule has 1 atom stereocenters. The highest BCUT2D eigenvalue weighted by Crippen LogP contribution is 2.10. The summed E-state index contributed by atoms with van der Waals surface area (Å²) in [6, 6.07) is 0.210. The number of likely N-dealkylation sites (N-methyl/N-ethyl adjacent to an activating group) is 1. The van der Waals surface area contributed by atoms with Crippen molar-refractivity contribution in [2.75, 3.05) is 14.1 Å². The second-order valence-electron chi connectivity index (χ2n) is 4.11. The Morgan fingerprint density at radius 1 is 1.44 bits per heavy atom. The zero-order valence-electron chi connectivity index (χ0n) is 11.8. The van der Waals surface area contributed by atoms with E-state index in [9.17, 15) is 0 Å². The number of hydrogen-bond acceptors (Lipinski definition) is 3. The predicted molar refractivity (Wildman–Crippen MR) is 81.6 cm³/mol. The Hall–Kier alpha value is -1.77. The van der Waals surface area contributed by atoms with Gasteiger partial charge in [-0.3, -0.25) is 5.01 Å². The zero-order chi connectivity index (χ0) is 14.0. The number of nitrogens with one attached hydrogen (secondary N) is 1. The SMILES string of the molecule is C=C/C=C\C(C)=N/N(C)C(C=C)CCC(=C)NC. The second kappa shape index (κ2) is 9.28. The molecule has 0 saturated carbocycles. The minimum absolute atomic E-state index is 0.210. The summed E-state index contributed by atoms with van der Waals surface area (Å²) in [4.78, 5) is 0. The van der Waals surface area contributed by atoms with Crippen LogP contribution in [-0.4, -0.2) is 30.9 Å². The maximum absolute atomic E-state index is 4.48. The van der Waals surface area contributed by atoms with Crippen LogP contribution in [0.15, 0.2) is 54.8 Å². The average Bonchev–Trinajstić information content (AvgIpc) is 2.36. The molecule has 0 aliphatic heterocycles. The summed E-state index contributed by atoms with van der Waals surface area (Å²) < 4.78 is 0. The molecule has 0 aromatic rings. The minimum Gasteiger partial charge on any atom is -0.392 e. The van der Waals surface area contributed by atoms with Crippen molar-refractivity contribution in [1.29, 1.82) is 0 Å². The van der Waals surface area contributed by atoms with E-state index in [1.807, 2.05) is 44.3 Å². The van der Waals surface area contributed by atoms with E-state index in [-0.39, 0.29) is 6.04 Å². The summed E-state index contributed by atoms with van der Waals surface area (Å²) in [6.45, 7) is 13.4. The van der Waals surface area contributed by atoms with Gasteiger partial charge in [0, 0.05) is 19.8 Å². The smallest absolute Gasteiger partial charge is 0.0648 e. The van der Waals surface area contributed by atoms with E-state index in [0.29, 0.717) is 0 Å². The van der Waals surface area contributed by atoms with Crippen molar-refractivity contribution in [2.24, 2.45) is 5.10 Å². The van der Waals surface area contributed by atoms with E-state index in [0.717, 1.165) is 24.3 Å². The molecule has 0 spiro atoms. The number of nitrogens with zero attached hydrogens (tertiary/aromatic N) is 2. The van der Waals surface area contributed by atoms with Crippen molar-refractivity contribution in [3.05, 3.63) is 49.7 Å². The predicted octanol–water partition coefficient (Wildman–Crippen LogP) is 3.10. The van der Waals surface area contributed by atoms with Crippen molar-refractivity contribution in [3.8, 4) is 0 Å². The molecule has 0 bridgehead atoms. The van der Waals surface area contributed by atoms with Crippen molar-refractivity contribution >= 4 is 5.71 Å². The lowest BCUT2D eigenvalue weighted by Crippen LogP contribution is -2.26. The highest BCUT2D eigenvalue weighted by Gasteiger charge is 2.09. The van der Waals surface area contributed by atoms with Gasteiger partial charge in [-0.05, 0) is 25.8 Å². The zero-order valence-corrected chi connectivity index (χ0v) is 11.8. The molecule has 18 heavy (non-hydrogen) atoms. The monoisotopic (exact) mass is 247 g/mol. The van der Waals surface area contributed by atoms with Crippen LogP contribution >= 0.6 is 0 Å². The number of rotatable bonds is 9. The Bertz CT molecular complexity index is 340. The fourth-order valence-corrected chi connectivity index (χ4v) is 1.47. The summed E-state index contributed by atoms with van der Waals surface area (Å²) in [7, 11) is 3.84. The van der Waals surface area contributed by atoms with E-state index in [2.05, 4.69) is 30.2 Å². The number of hydrogen-bond donors (Lipinski definition) is 1. The molecular formula is C15H25N3. The molecule has 0 amide bonds. The van der Waals surface area contributed by atoms with Gasteiger partial charge in [0.05, 0.1) is 11.8 Å². The third kappa shape index (κ3) is 6.74. The topological polar surface area (TPSA) is 27.6 Å². The maximum Gasteiger partial charge on any atom is 0.0648 e. The van der Waals surface area contributed by atoms with Gasteiger partial charge in [0.15, 0.2) is 0 Å². The maximum atomic E-state index is 4.48. The van der Waals surface area contributed by atoms with E-state index in [4.69, 9.17) is 0 Å². The number of hydrazone groups is 1. The summed E-state index contributed by atoms with van der Waals surface area (Å²) in [6.07, 6.45) is 9.31. The molecule has 1 N–H and O–H groups in total. The van der Waals surface area contributed by atoms with Gasteiger partial charge < -0.3 is 5.32 Å². The van der Waals surface area contributed by atoms with Crippen molar-refractivity contribution in [3.63, 3.8) is 0 Å². The lowest BCUT2D eigenvalue weighted by Gasteiger charge is -2.23. The Morgan fingerprint density at radius 2 is 2.11 bits per heavy atom. The molecule has 0 radical (unpaired) electrons. The average molecular weight is 247 g/mol. The van der Waals surface area contributed by atoms with Crippen molar-refractivity contribution in [1.82, 2.24) is 10.3 Å². The minimum atomic E-state index is 0.210. The molecular weight excluding hydrogens is 222 g/mol. The number of allylic oxidation sites excluding steroid dienone is 4. The summed E-state index contributed by atoms with van der Waals surface area (Å²) in [5.74, 6) is 0. The van der Waals surface area contributed by atoms with Crippen LogP contribution in [0.2, 0.25) is 0 Å². The summed E-state index contributed by atoms with van der Waals surface area (Å²) in [5, 5.41) is 9.46. The second-order valence-corrected chi connectivity index (χ2v) is 4.11. The molecule has 100 valence electrons. The van der Waals surface area contributed by atoms with Gasteiger partial charge in [0.1, 0.15) is 0 Å². The Kier molecular flexibility index (Phi) is 8.37. The first-order chi connectivity index (χ1) is 8.54. The molecule has 0 aliphatic rings. The molecule has 0 saturated heterocycles. The standard InChI is InChI=1S/C15H25N3/c1-7-9-10-14(4)17-18(6)15(8-2)12-11-13(3)16-5/h7-10,15-16H,1-3,11-12H2,4-6H3/b10-9-,17-14-. The molecule has 0 aromatic carbocycles. The summed E-state index contributed by atoms with van der Waals surface area (Å²) >= 11 is 0. The third-order valence-electron chi connectivity index (χ3n) is 2.64. The van der Waals surface area contributed by atoms with Gasteiger partial charge in [-0.15, -0.1) is 6.58 Å². The van der Waals surface area contributed by atoms with Crippen LogP contribution in [0.5, 0.6) is 0 Å². The Morgan fingerprint density at radius 3 is 2.61 bits per heavy atom. The molecule has 0 aromatic heterocycles. The van der Waals surface area contributed by atoms with Crippen LogP contribution in [0.3, 0.4) is 0 Å². The first-order valence-corrected chi connectivity index (χ1v) is 6.10. The first-order valence-electron chi connectivity index (χ1n) is 6.10. The molecule has 1 unspecified atom stereocenters. The van der Waals surface area contributed by atoms with Crippen molar-refractivity contribution in [2.45, 2.75) is 25.8 Å². The lowest BCUT2D eigenvalue weighted by molar-refractivity contribution is 0.283. The van der Waals surface area contributed by atoms with Gasteiger partial charge in [-0.2, -0.15) is 5.10 Å². The normalized spacial score (nSPS) is 13.2. The van der Waals surface area contributed by atoms with Gasteiger partial charge >= 0.3 is 0 Å². The molecule has 0 aliphatic carbocycles. The fraction of sp³-hybridized carbons (Fsp3) is 0.400. The third-order valence-corrected chi connectivity index (χ3v) is 2.64. The largest absolute Gasteiger partial charge is 0.392 e. The Balaban J connectivity index is 4.46. The Labute approximate surface area is 111 Å². The van der Waals surface area contributed by atoms with Gasteiger partial charge in [-0.1, -0.05) is 31.4 Å². The lowest BCUT2D eigenvalue weighted by atomic mass is 10.1. The van der Waals surface area contributed by atoms with Crippen molar-refractivity contribution < 1.29 is 0 Å². The quantitative estimate of drug-likeness (QED) is 0.293. The van der Waals surface area contributed by atoms with Crippen LogP contribution in [0.25, 0.3) is 0 Å². The van der Waals surface area contributed by atoms with E-state index in [1.54, 1.807) is 6.08 Å². The van der Waals surface area contributed by atoms with Crippen LogP contribution in [-0.2, 0) is 0 Å². The summed E-state index contributed by atoms with van der Waals surface area (Å²) in [5.41, 5.74) is 1.97. The molecule has 0 fully saturated rings. The van der Waals surface area contributed by atoms with Gasteiger partial charge in [-0.25, -0.2) is 0 Å². The molecule has 3 heteroatoms. The fourth-order valence-electron chi connectivity index (χ4n) is 1.47. The van der Waals surface area contributed by atoms with Crippen LogP contribution in [0, 0.1) is 0 Å². The molecule has 3 nitrogen and oxygen atoms in total. The van der Waals surface area contributed by atoms with Crippen LogP contribution in [0.1, 0.15) is 19.8 Å². The first kappa shape index (κ1) is 16.2. The van der Waals surface area contributed by atoms with Crippen LogP contribution in [0.4, 0.5) is 0 Å². The highest BCUT2D eigenvalue weighted by atomic mass is 15.4. The van der Waals surface area contributed by atoms with E-state index < -0.39 is 0 Å². The van der Waals surface area contributed by atoms with E-state index >= 15 is 0 Å². The van der Waals surface area contributed by atoms with Gasteiger partial charge in [0.2, 0.25) is 0 Å². The molecule has 0 heterocycles.